The van der Waals surface area contributed by atoms with Gasteiger partial charge in [0.05, 0.1) is 12.0 Å². The maximum absolute atomic E-state index is 14.2. The molecule has 1 nitrogen and oxygen atoms in total. The van der Waals surface area contributed by atoms with Gasteiger partial charge in [-0.15, -0.1) is 0 Å². The molecule has 1 aliphatic carbocycles. The molecule has 1 aliphatic rings. The van der Waals surface area contributed by atoms with Crippen molar-refractivity contribution < 1.29 is 35.5 Å². The van der Waals surface area contributed by atoms with E-state index in [9.17, 15) is 30.7 Å². The Morgan fingerprint density at radius 2 is 1.45 bits per heavy atom. The zero-order valence-electron chi connectivity index (χ0n) is 17.4. The monoisotopic (exact) mass is 452 g/mol. The fourth-order valence-corrected chi connectivity index (χ4v) is 3.95. The minimum Gasteiger partial charge on any atom is -0.432 e. The van der Waals surface area contributed by atoms with Crippen LogP contribution in [0.3, 0.4) is 0 Å². The molecular formula is C23H27F7O. The van der Waals surface area contributed by atoms with Crippen molar-refractivity contribution in [3.63, 3.8) is 0 Å². The van der Waals surface area contributed by atoms with E-state index in [-0.39, 0.29) is 12.3 Å². The first-order valence-electron chi connectivity index (χ1n) is 10.6. The smallest absolute Gasteiger partial charge is 0.432 e. The average molecular weight is 452 g/mol. The number of rotatable bonds is 9. The average Bonchev–Trinajstić information content (AvgIpc) is 2.66. The highest BCUT2D eigenvalue weighted by Gasteiger charge is 2.34. The van der Waals surface area contributed by atoms with Gasteiger partial charge in [-0.1, -0.05) is 64.2 Å². The molecule has 2 rings (SSSR count). The fraction of sp³-hybridized carbons (Fsp3) is 0.652. The molecule has 0 N–H and O–H groups in total. The van der Waals surface area contributed by atoms with E-state index in [2.05, 4.69) is 11.7 Å². The van der Waals surface area contributed by atoms with Crippen molar-refractivity contribution in [3.05, 3.63) is 29.3 Å². The number of ether oxygens (including phenoxy) is 1. The second-order valence-corrected chi connectivity index (χ2v) is 8.17. The van der Waals surface area contributed by atoms with Crippen molar-refractivity contribution in [2.75, 3.05) is 0 Å². The first-order chi connectivity index (χ1) is 14.5. The standard InChI is InChI=1S/C23H27F7O/c1-2-3-4-5-16-6-8-17(9-7-16)10-13-23(29,30)31-18-14-20(24)19(21(25)15-18)11-12-22(26,27)28/h14-17H,2-10,13H2,1H3. The van der Waals surface area contributed by atoms with Crippen LogP contribution in [0.5, 0.6) is 5.75 Å². The topological polar surface area (TPSA) is 9.23 Å². The third kappa shape index (κ3) is 9.00. The summed E-state index contributed by atoms with van der Waals surface area (Å²) in [6.45, 7) is 2.15. The largest absolute Gasteiger partial charge is 0.458 e. The van der Waals surface area contributed by atoms with Crippen LogP contribution in [0.15, 0.2) is 12.1 Å². The SMILES string of the molecule is CCCCCC1CCC(CCC(F)(F)Oc2cc(F)c(C#CC(F)(F)F)c(F)c2)CC1. The summed E-state index contributed by atoms with van der Waals surface area (Å²) in [5, 5.41) is 0. The van der Waals surface area contributed by atoms with Crippen LogP contribution in [-0.4, -0.2) is 12.3 Å². The molecule has 174 valence electrons. The Hall–Kier alpha value is -1.91. The van der Waals surface area contributed by atoms with Crippen LogP contribution in [0.25, 0.3) is 0 Å². The Morgan fingerprint density at radius 3 is 1.97 bits per heavy atom. The molecule has 0 amide bonds. The van der Waals surface area contributed by atoms with Crippen LogP contribution in [0.1, 0.15) is 76.7 Å². The van der Waals surface area contributed by atoms with Crippen molar-refractivity contribution in [1.82, 2.24) is 0 Å². The normalized spacial score (nSPS) is 19.6. The maximum atomic E-state index is 14.2. The molecule has 0 aliphatic heterocycles. The van der Waals surface area contributed by atoms with Gasteiger partial charge in [-0.05, 0) is 18.3 Å². The number of hydrogen-bond donors (Lipinski definition) is 0. The summed E-state index contributed by atoms with van der Waals surface area (Å²) in [6.07, 6.45) is -0.382. The van der Waals surface area contributed by atoms with Crippen LogP contribution in [-0.2, 0) is 0 Å². The third-order valence-electron chi connectivity index (χ3n) is 5.64. The Bertz CT molecular complexity index is 745. The van der Waals surface area contributed by atoms with Gasteiger partial charge >= 0.3 is 12.3 Å². The summed E-state index contributed by atoms with van der Waals surface area (Å²) in [7, 11) is 0. The predicted molar refractivity (Wildman–Crippen MR) is 104 cm³/mol. The van der Waals surface area contributed by atoms with Crippen molar-refractivity contribution in [2.45, 2.75) is 83.4 Å². The lowest BCUT2D eigenvalue weighted by atomic mass is 9.78. The van der Waals surface area contributed by atoms with Crippen LogP contribution in [0.2, 0.25) is 0 Å². The van der Waals surface area contributed by atoms with E-state index in [1.165, 1.54) is 31.6 Å². The van der Waals surface area contributed by atoms with E-state index in [1.807, 2.05) is 0 Å². The Labute approximate surface area is 178 Å². The Morgan fingerprint density at radius 1 is 0.903 bits per heavy atom. The van der Waals surface area contributed by atoms with Gasteiger partial charge in [-0.3, -0.25) is 0 Å². The highest BCUT2D eigenvalue weighted by Crippen LogP contribution is 2.37. The quantitative estimate of drug-likeness (QED) is 0.209. The van der Waals surface area contributed by atoms with Crippen LogP contribution < -0.4 is 4.74 Å². The number of benzene rings is 1. The summed E-state index contributed by atoms with van der Waals surface area (Å²) >= 11 is 0. The summed E-state index contributed by atoms with van der Waals surface area (Å²) in [4.78, 5) is 0. The van der Waals surface area contributed by atoms with E-state index >= 15 is 0 Å². The molecule has 0 unspecified atom stereocenters. The van der Waals surface area contributed by atoms with Gasteiger partial charge in [0.25, 0.3) is 0 Å². The number of alkyl halides is 5. The number of unbranched alkanes of at least 4 members (excludes halogenated alkanes) is 2. The van der Waals surface area contributed by atoms with E-state index in [4.69, 9.17) is 0 Å². The van der Waals surface area contributed by atoms with Crippen molar-refractivity contribution in [1.29, 1.82) is 0 Å². The molecule has 0 atom stereocenters. The van der Waals surface area contributed by atoms with Gasteiger partial charge in [0.2, 0.25) is 0 Å². The van der Waals surface area contributed by atoms with Crippen molar-refractivity contribution in [3.8, 4) is 17.6 Å². The Balaban J connectivity index is 1.88. The summed E-state index contributed by atoms with van der Waals surface area (Å²) in [5.41, 5.74) is -1.15. The van der Waals surface area contributed by atoms with E-state index in [0.29, 0.717) is 18.1 Å². The summed E-state index contributed by atoms with van der Waals surface area (Å²) in [5.74, 6) is -0.899. The molecule has 1 aromatic rings. The molecule has 1 fully saturated rings. The maximum Gasteiger partial charge on any atom is 0.458 e. The molecule has 0 heterocycles. The lowest BCUT2D eigenvalue weighted by molar-refractivity contribution is -0.183. The first-order valence-corrected chi connectivity index (χ1v) is 10.6. The minimum atomic E-state index is -4.93. The predicted octanol–water partition coefficient (Wildman–Crippen LogP) is 8.02. The van der Waals surface area contributed by atoms with Gasteiger partial charge in [0.1, 0.15) is 17.4 Å². The second-order valence-electron chi connectivity index (χ2n) is 8.17. The lowest BCUT2D eigenvalue weighted by Crippen LogP contribution is -2.26. The molecule has 8 heteroatoms. The molecular weight excluding hydrogens is 425 g/mol. The molecule has 0 aromatic heterocycles. The lowest BCUT2D eigenvalue weighted by Gasteiger charge is -2.29. The van der Waals surface area contributed by atoms with Crippen LogP contribution in [0.4, 0.5) is 30.7 Å². The molecule has 0 spiro atoms. The summed E-state index contributed by atoms with van der Waals surface area (Å²) < 4.78 is 96.8. The van der Waals surface area contributed by atoms with E-state index < -0.39 is 41.7 Å². The highest BCUT2D eigenvalue weighted by molar-refractivity contribution is 5.41. The van der Waals surface area contributed by atoms with Gasteiger partial charge in [-0.25, -0.2) is 8.78 Å². The van der Waals surface area contributed by atoms with Crippen LogP contribution in [0, 0.1) is 35.3 Å². The zero-order valence-corrected chi connectivity index (χ0v) is 17.4. The summed E-state index contributed by atoms with van der Waals surface area (Å²) in [6, 6.07) is 0.831. The van der Waals surface area contributed by atoms with Crippen molar-refractivity contribution in [2.24, 2.45) is 11.8 Å². The third-order valence-corrected chi connectivity index (χ3v) is 5.64. The van der Waals surface area contributed by atoms with Gasteiger partial charge in [0, 0.05) is 18.1 Å². The molecule has 31 heavy (non-hydrogen) atoms. The van der Waals surface area contributed by atoms with Crippen molar-refractivity contribution >= 4 is 0 Å². The Kier molecular flexibility index (Phi) is 9.08. The van der Waals surface area contributed by atoms with E-state index in [0.717, 1.165) is 31.6 Å². The zero-order chi connectivity index (χ0) is 23.1. The highest BCUT2D eigenvalue weighted by atomic mass is 19.4. The second kappa shape index (κ2) is 11.1. The molecule has 1 aromatic carbocycles. The van der Waals surface area contributed by atoms with E-state index in [1.54, 1.807) is 0 Å². The molecule has 0 bridgehead atoms. The van der Waals surface area contributed by atoms with Gasteiger partial charge in [0.15, 0.2) is 0 Å². The molecule has 0 radical (unpaired) electrons. The van der Waals surface area contributed by atoms with Gasteiger partial charge in [-0.2, -0.15) is 22.0 Å². The molecule has 0 saturated heterocycles. The number of hydrogen-bond acceptors (Lipinski definition) is 1. The number of halogens is 7. The fourth-order valence-electron chi connectivity index (χ4n) is 3.95. The first kappa shape index (κ1) is 25.4. The van der Waals surface area contributed by atoms with Crippen LogP contribution >= 0.6 is 0 Å². The van der Waals surface area contributed by atoms with Gasteiger partial charge < -0.3 is 4.74 Å². The minimum absolute atomic E-state index is 0.158. The molecule has 1 saturated carbocycles.